The molecule has 1 fully saturated rings. The average Bonchev–Trinajstić information content (AvgIpc) is 2.21. The zero-order valence-corrected chi connectivity index (χ0v) is 4.07. The molecule has 0 bridgehead atoms. The van der Waals surface area contributed by atoms with E-state index in [0.29, 0.717) is 0 Å². The Morgan fingerprint density at radius 1 is 1.67 bits per heavy atom. The summed E-state index contributed by atoms with van der Waals surface area (Å²) in [5.41, 5.74) is 0. The molecule has 1 aliphatic carbocycles. The van der Waals surface area contributed by atoms with E-state index in [2.05, 4.69) is 6.08 Å². The van der Waals surface area contributed by atoms with Gasteiger partial charge in [0.2, 0.25) is 0 Å². The Bertz CT molecular complexity index is 58.4. The maximum atomic E-state index is 3.19. The van der Waals surface area contributed by atoms with Gasteiger partial charge in [-0.25, -0.2) is 0 Å². The molecule has 0 spiro atoms. The van der Waals surface area contributed by atoms with E-state index in [1.165, 1.54) is 12.8 Å². The van der Waals surface area contributed by atoms with Gasteiger partial charge in [-0.05, 0) is 31.8 Å². The Kier molecular flexibility index (Phi) is 0.952. The summed E-state index contributed by atoms with van der Waals surface area (Å²) >= 11 is 0. The molecule has 1 aliphatic rings. The Hall–Kier alpha value is -0.260. The van der Waals surface area contributed by atoms with Gasteiger partial charge in [0.15, 0.2) is 0 Å². The van der Waals surface area contributed by atoms with Crippen molar-refractivity contribution in [2.75, 3.05) is 0 Å². The van der Waals surface area contributed by atoms with Crippen LogP contribution in [0.2, 0.25) is 0 Å². The summed E-state index contributed by atoms with van der Waals surface area (Å²) < 4.78 is 0. The van der Waals surface area contributed by atoms with Gasteiger partial charge < -0.3 is 0 Å². The van der Waals surface area contributed by atoms with Gasteiger partial charge in [-0.1, -0.05) is 6.08 Å². The first-order valence-electron chi connectivity index (χ1n) is 2.47. The SMILES string of the molecule is C/C=[C]/C1CC1. The minimum absolute atomic E-state index is 0.843. The lowest BCUT2D eigenvalue weighted by atomic mass is 10.4. The second-order valence-corrected chi connectivity index (χ2v) is 1.73. The summed E-state index contributed by atoms with van der Waals surface area (Å²) in [6.45, 7) is 2.03. The van der Waals surface area contributed by atoms with Crippen LogP contribution in [0.3, 0.4) is 0 Å². The minimum atomic E-state index is 0.843. The zero-order chi connectivity index (χ0) is 4.41. The van der Waals surface area contributed by atoms with E-state index in [9.17, 15) is 0 Å². The van der Waals surface area contributed by atoms with Crippen LogP contribution in [-0.2, 0) is 0 Å². The molecule has 6 heavy (non-hydrogen) atoms. The lowest BCUT2D eigenvalue weighted by molar-refractivity contribution is 1.08. The number of rotatable bonds is 1. The topological polar surface area (TPSA) is 0 Å². The Balaban J connectivity index is 2.15. The van der Waals surface area contributed by atoms with Gasteiger partial charge in [-0.3, -0.25) is 0 Å². The zero-order valence-electron chi connectivity index (χ0n) is 4.07. The van der Waals surface area contributed by atoms with Crippen molar-refractivity contribution in [3.63, 3.8) is 0 Å². The van der Waals surface area contributed by atoms with Crippen molar-refractivity contribution >= 4 is 0 Å². The van der Waals surface area contributed by atoms with Crippen molar-refractivity contribution in [3.8, 4) is 0 Å². The predicted molar refractivity (Wildman–Crippen MR) is 26.2 cm³/mol. The van der Waals surface area contributed by atoms with Crippen molar-refractivity contribution < 1.29 is 0 Å². The van der Waals surface area contributed by atoms with Crippen molar-refractivity contribution in [2.45, 2.75) is 19.8 Å². The van der Waals surface area contributed by atoms with Gasteiger partial charge in [-0.2, -0.15) is 0 Å². The molecule has 1 radical (unpaired) electrons. The van der Waals surface area contributed by atoms with E-state index in [-0.39, 0.29) is 0 Å². The van der Waals surface area contributed by atoms with Crippen LogP contribution in [0.15, 0.2) is 6.08 Å². The van der Waals surface area contributed by atoms with Crippen LogP contribution in [0.1, 0.15) is 19.8 Å². The molecule has 0 aromatic carbocycles. The lowest BCUT2D eigenvalue weighted by Gasteiger charge is -1.67. The van der Waals surface area contributed by atoms with Gasteiger partial charge in [0.25, 0.3) is 0 Å². The first kappa shape index (κ1) is 3.91. The molecule has 0 aromatic rings. The number of hydrogen-bond acceptors (Lipinski definition) is 0. The molecule has 0 heteroatoms. The molecular weight excluding hydrogens is 72.1 g/mol. The highest BCUT2D eigenvalue weighted by molar-refractivity contribution is 4.86. The van der Waals surface area contributed by atoms with Gasteiger partial charge in [0.1, 0.15) is 0 Å². The highest BCUT2D eigenvalue weighted by atomic mass is 14.2. The fourth-order valence-corrected chi connectivity index (χ4v) is 0.486. The minimum Gasteiger partial charge on any atom is -0.0839 e. The van der Waals surface area contributed by atoms with Crippen LogP contribution in [0, 0.1) is 12.0 Å². The third kappa shape index (κ3) is 0.852. The molecule has 1 saturated carbocycles. The molecular formula is C6H9. The van der Waals surface area contributed by atoms with E-state index >= 15 is 0 Å². The molecule has 0 aliphatic heterocycles. The molecule has 33 valence electrons. The quantitative estimate of drug-likeness (QED) is 0.451. The Labute approximate surface area is 38.9 Å². The van der Waals surface area contributed by atoms with Crippen molar-refractivity contribution in [3.05, 3.63) is 12.2 Å². The molecule has 0 nitrogen and oxygen atoms in total. The van der Waals surface area contributed by atoms with Gasteiger partial charge in [-0.15, -0.1) is 0 Å². The first-order valence-corrected chi connectivity index (χ1v) is 2.47. The Morgan fingerprint density at radius 2 is 2.33 bits per heavy atom. The van der Waals surface area contributed by atoms with Crippen molar-refractivity contribution in [1.82, 2.24) is 0 Å². The van der Waals surface area contributed by atoms with E-state index < -0.39 is 0 Å². The van der Waals surface area contributed by atoms with E-state index in [1.54, 1.807) is 0 Å². The second-order valence-electron chi connectivity index (χ2n) is 1.73. The molecule has 1 rings (SSSR count). The van der Waals surface area contributed by atoms with E-state index in [1.807, 2.05) is 13.0 Å². The summed E-state index contributed by atoms with van der Waals surface area (Å²) in [6, 6.07) is 0. The van der Waals surface area contributed by atoms with E-state index in [4.69, 9.17) is 0 Å². The summed E-state index contributed by atoms with van der Waals surface area (Å²) in [5.74, 6) is 0.843. The molecule has 0 atom stereocenters. The predicted octanol–water partition coefficient (Wildman–Crippen LogP) is 1.78. The molecule has 0 unspecified atom stereocenters. The van der Waals surface area contributed by atoms with E-state index in [0.717, 1.165) is 5.92 Å². The van der Waals surface area contributed by atoms with Gasteiger partial charge in [0, 0.05) is 0 Å². The maximum Gasteiger partial charge on any atom is -0.0162 e. The third-order valence-corrected chi connectivity index (χ3v) is 0.980. The smallest absolute Gasteiger partial charge is 0.0162 e. The largest absolute Gasteiger partial charge is 0.0839 e. The highest BCUT2D eigenvalue weighted by Gasteiger charge is 2.16. The highest BCUT2D eigenvalue weighted by Crippen LogP contribution is 2.28. The maximum absolute atomic E-state index is 3.19. The first-order chi connectivity index (χ1) is 2.93. The van der Waals surface area contributed by atoms with Gasteiger partial charge >= 0.3 is 0 Å². The average molecular weight is 81.1 g/mol. The summed E-state index contributed by atoms with van der Waals surface area (Å²) in [4.78, 5) is 0. The van der Waals surface area contributed by atoms with Crippen molar-refractivity contribution in [1.29, 1.82) is 0 Å². The summed E-state index contributed by atoms with van der Waals surface area (Å²) in [6.07, 6.45) is 7.96. The lowest BCUT2D eigenvalue weighted by Crippen LogP contribution is -1.57. The van der Waals surface area contributed by atoms with Crippen LogP contribution >= 0.6 is 0 Å². The molecule has 0 amide bonds. The fraction of sp³-hybridized carbons (Fsp3) is 0.667. The fourth-order valence-electron chi connectivity index (χ4n) is 0.486. The number of allylic oxidation sites excluding steroid dienone is 2. The van der Waals surface area contributed by atoms with Gasteiger partial charge in [0.05, 0.1) is 0 Å². The van der Waals surface area contributed by atoms with Crippen LogP contribution in [0.4, 0.5) is 0 Å². The second kappa shape index (κ2) is 1.46. The van der Waals surface area contributed by atoms with Crippen LogP contribution < -0.4 is 0 Å². The van der Waals surface area contributed by atoms with Crippen LogP contribution in [-0.4, -0.2) is 0 Å². The van der Waals surface area contributed by atoms with Crippen molar-refractivity contribution in [2.24, 2.45) is 5.92 Å². The summed E-state index contributed by atoms with van der Waals surface area (Å²) in [5, 5.41) is 0. The third-order valence-electron chi connectivity index (χ3n) is 0.980. The Morgan fingerprint density at radius 3 is 2.50 bits per heavy atom. The molecule has 0 aromatic heterocycles. The molecule has 0 N–H and O–H groups in total. The molecule has 0 saturated heterocycles. The normalized spacial score (nSPS) is 22.8. The monoisotopic (exact) mass is 81.1 g/mol. The standard InChI is InChI=1S/C6H9/c1-2-3-6-4-5-6/h2,6H,4-5H2,1H3. The number of hydrogen-bond donors (Lipinski definition) is 0. The molecule has 0 heterocycles. The van der Waals surface area contributed by atoms with Crippen LogP contribution in [0.25, 0.3) is 0 Å². The van der Waals surface area contributed by atoms with Crippen LogP contribution in [0.5, 0.6) is 0 Å². The summed E-state index contributed by atoms with van der Waals surface area (Å²) in [7, 11) is 0.